The van der Waals surface area contributed by atoms with Gasteiger partial charge < -0.3 is 0 Å². The average molecular weight is 431 g/mol. The van der Waals surface area contributed by atoms with Crippen molar-refractivity contribution in [2.45, 2.75) is 5.16 Å². The van der Waals surface area contributed by atoms with Gasteiger partial charge in [-0.05, 0) is 36.4 Å². The van der Waals surface area contributed by atoms with Crippen molar-refractivity contribution in [2.75, 3.05) is 5.88 Å². The highest BCUT2D eigenvalue weighted by molar-refractivity contribution is 7.99. The van der Waals surface area contributed by atoms with E-state index in [4.69, 9.17) is 0 Å². The first kappa shape index (κ1) is 19.2. The Kier molecular flexibility index (Phi) is 4.63. The number of thioether (sulfide) groups is 1. The molecule has 3 aromatic carbocycles. The van der Waals surface area contributed by atoms with E-state index >= 15 is 0 Å². The number of rotatable bonds is 4. The van der Waals surface area contributed by atoms with E-state index in [0.29, 0.717) is 22.0 Å². The number of nitrogens with zero attached hydrogens (tertiary/aromatic N) is 3. The fourth-order valence-electron chi connectivity index (χ4n) is 3.53. The number of hydrogen-bond acceptors (Lipinski definition) is 5. The van der Waals surface area contributed by atoms with Gasteiger partial charge in [-0.1, -0.05) is 48.2 Å². The summed E-state index contributed by atoms with van der Waals surface area (Å²) in [7, 11) is 0. The van der Waals surface area contributed by atoms with Crippen LogP contribution >= 0.6 is 11.8 Å². The maximum Gasteiger partial charge on any atom is 0.266 e. The molecule has 0 bridgehead atoms. The fourth-order valence-corrected chi connectivity index (χ4v) is 4.49. The van der Waals surface area contributed by atoms with Crippen LogP contribution in [0.25, 0.3) is 16.6 Å². The Morgan fingerprint density at radius 3 is 2.13 bits per heavy atom. The van der Waals surface area contributed by atoms with Gasteiger partial charge in [0, 0.05) is 0 Å². The minimum Gasteiger partial charge on any atom is -0.269 e. The predicted molar refractivity (Wildman–Crippen MR) is 115 cm³/mol. The van der Waals surface area contributed by atoms with Crippen LogP contribution in [0.15, 0.2) is 82.7 Å². The van der Waals surface area contributed by atoms with Gasteiger partial charge in [0.1, 0.15) is 5.82 Å². The third kappa shape index (κ3) is 3.12. The van der Waals surface area contributed by atoms with Crippen molar-refractivity contribution in [3.63, 3.8) is 0 Å². The van der Waals surface area contributed by atoms with Crippen LogP contribution in [0.2, 0.25) is 0 Å². The Labute approximate surface area is 179 Å². The first-order valence-electron chi connectivity index (χ1n) is 9.41. The van der Waals surface area contributed by atoms with Crippen LogP contribution in [0.5, 0.6) is 0 Å². The van der Waals surface area contributed by atoms with E-state index in [2.05, 4.69) is 4.98 Å². The van der Waals surface area contributed by atoms with Crippen LogP contribution in [0.4, 0.5) is 4.39 Å². The molecule has 1 aromatic heterocycles. The third-order valence-corrected chi connectivity index (χ3v) is 5.96. The molecule has 0 unspecified atom stereocenters. The predicted octanol–water partition coefficient (Wildman–Crippen LogP) is 3.87. The molecule has 8 heteroatoms. The van der Waals surface area contributed by atoms with Crippen LogP contribution in [-0.2, 0) is 0 Å². The second kappa shape index (κ2) is 7.48. The second-order valence-corrected chi connectivity index (χ2v) is 7.77. The van der Waals surface area contributed by atoms with Gasteiger partial charge in [-0.25, -0.2) is 9.37 Å². The average Bonchev–Trinajstić information content (AvgIpc) is 3.03. The van der Waals surface area contributed by atoms with Gasteiger partial charge in [0.25, 0.3) is 17.4 Å². The van der Waals surface area contributed by atoms with Crippen LogP contribution in [-0.4, -0.2) is 32.1 Å². The third-order valence-electron chi connectivity index (χ3n) is 5.04. The minimum absolute atomic E-state index is 0.0515. The molecular weight excluding hydrogens is 417 g/mol. The Morgan fingerprint density at radius 2 is 1.42 bits per heavy atom. The van der Waals surface area contributed by atoms with Crippen LogP contribution in [0.1, 0.15) is 20.7 Å². The van der Waals surface area contributed by atoms with Crippen LogP contribution in [0.3, 0.4) is 0 Å². The highest BCUT2D eigenvalue weighted by Crippen LogP contribution is 2.28. The molecule has 0 spiro atoms. The lowest BCUT2D eigenvalue weighted by atomic mass is 10.1. The van der Waals surface area contributed by atoms with Crippen molar-refractivity contribution in [3.8, 4) is 5.69 Å². The summed E-state index contributed by atoms with van der Waals surface area (Å²) in [5.41, 5.74) is 0.748. The van der Waals surface area contributed by atoms with E-state index < -0.39 is 23.2 Å². The lowest BCUT2D eigenvalue weighted by Gasteiger charge is -2.17. The summed E-state index contributed by atoms with van der Waals surface area (Å²) in [6.45, 7) is 0. The van der Waals surface area contributed by atoms with Gasteiger partial charge in [-0.3, -0.25) is 23.9 Å². The first-order chi connectivity index (χ1) is 15.1. The smallest absolute Gasteiger partial charge is 0.266 e. The Morgan fingerprint density at radius 1 is 0.806 bits per heavy atom. The van der Waals surface area contributed by atoms with E-state index in [1.807, 2.05) is 0 Å². The number of imide groups is 1. The van der Waals surface area contributed by atoms with Crippen molar-refractivity contribution in [1.82, 2.24) is 14.5 Å². The van der Waals surface area contributed by atoms with Gasteiger partial charge in [0.2, 0.25) is 0 Å². The molecule has 0 atom stereocenters. The molecule has 0 radical (unpaired) electrons. The molecular formula is C23H14FN3O3S. The zero-order valence-corrected chi connectivity index (χ0v) is 16.8. The molecule has 0 fully saturated rings. The fraction of sp³-hybridized carbons (Fsp3) is 0.0435. The van der Waals surface area contributed by atoms with Crippen LogP contribution < -0.4 is 5.56 Å². The molecule has 152 valence electrons. The number of halogens is 1. The number of hydrogen-bond donors (Lipinski definition) is 0. The van der Waals surface area contributed by atoms with E-state index in [0.717, 1.165) is 16.7 Å². The first-order valence-corrected chi connectivity index (χ1v) is 10.4. The number of benzene rings is 3. The van der Waals surface area contributed by atoms with Gasteiger partial charge in [-0.15, -0.1) is 0 Å². The van der Waals surface area contributed by atoms with E-state index in [1.165, 1.54) is 22.8 Å². The summed E-state index contributed by atoms with van der Waals surface area (Å²) in [5, 5.41) is 0.529. The topological polar surface area (TPSA) is 72.3 Å². The van der Waals surface area contributed by atoms with E-state index in [1.54, 1.807) is 54.6 Å². The SMILES string of the molecule is O=C1c2ccccc2C(=O)N1CSc1nc2ccccc2c(=O)n1-c1ccccc1F. The molecule has 0 saturated heterocycles. The lowest BCUT2D eigenvalue weighted by molar-refractivity contribution is 0.0684. The number of fused-ring (bicyclic) bond motifs is 2. The molecule has 1 aliphatic rings. The number of para-hydroxylation sites is 2. The molecule has 0 aliphatic carbocycles. The largest absolute Gasteiger partial charge is 0.269 e. The number of carbonyl (C=O) groups is 2. The Balaban J connectivity index is 1.58. The van der Waals surface area contributed by atoms with Crippen molar-refractivity contribution in [1.29, 1.82) is 0 Å². The summed E-state index contributed by atoms with van der Waals surface area (Å²) in [6.07, 6.45) is 0. The lowest BCUT2D eigenvalue weighted by Crippen LogP contribution is -2.30. The molecule has 2 heterocycles. The van der Waals surface area contributed by atoms with Crippen molar-refractivity contribution in [2.24, 2.45) is 0 Å². The van der Waals surface area contributed by atoms with Crippen molar-refractivity contribution in [3.05, 3.63) is 100 Å². The van der Waals surface area contributed by atoms with Gasteiger partial charge >= 0.3 is 0 Å². The molecule has 0 N–H and O–H groups in total. The molecule has 4 aromatic rings. The standard InChI is InChI=1S/C23H14FN3O3S/c24-17-10-4-6-12-19(17)27-22(30)16-9-3-5-11-18(16)25-23(27)31-13-26-20(28)14-7-1-2-8-15(14)21(26)29/h1-12H,13H2. The number of aromatic nitrogens is 2. The normalized spacial score (nSPS) is 13.1. The zero-order valence-electron chi connectivity index (χ0n) is 16.0. The monoisotopic (exact) mass is 431 g/mol. The van der Waals surface area contributed by atoms with Gasteiger partial charge in [0.15, 0.2) is 5.16 Å². The van der Waals surface area contributed by atoms with Crippen molar-refractivity contribution >= 4 is 34.5 Å². The summed E-state index contributed by atoms with van der Waals surface area (Å²) >= 11 is 1.02. The number of amides is 2. The van der Waals surface area contributed by atoms with Gasteiger partial charge in [-0.2, -0.15) is 0 Å². The number of carbonyl (C=O) groups excluding carboxylic acids is 2. The quantitative estimate of drug-likeness (QED) is 0.279. The molecule has 1 aliphatic heterocycles. The highest BCUT2D eigenvalue weighted by atomic mass is 32.2. The maximum absolute atomic E-state index is 14.6. The summed E-state index contributed by atoms with van der Waals surface area (Å²) in [5.74, 6) is -1.46. The van der Waals surface area contributed by atoms with E-state index in [9.17, 15) is 18.8 Å². The summed E-state index contributed by atoms with van der Waals surface area (Å²) in [4.78, 5) is 44.1. The molecule has 5 rings (SSSR count). The molecule has 31 heavy (non-hydrogen) atoms. The molecule has 2 amide bonds. The Hall–Kier alpha value is -3.78. The van der Waals surface area contributed by atoms with E-state index in [-0.39, 0.29) is 16.7 Å². The maximum atomic E-state index is 14.6. The second-order valence-electron chi connectivity index (χ2n) is 6.86. The summed E-state index contributed by atoms with van der Waals surface area (Å²) < 4.78 is 15.7. The zero-order chi connectivity index (χ0) is 21.5. The minimum atomic E-state index is -0.579. The van der Waals surface area contributed by atoms with Crippen LogP contribution in [0, 0.1) is 5.82 Å². The van der Waals surface area contributed by atoms with Crippen molar-refractivity contribution < 1.29 is 14.0 Å². The molecule has 6 nitrogen and oxygen atoms in total. The highest BCUT2D eigenvalue weighted by Gasteiger charge is 2.35. The van der Waals surface area contributed by atoms with Gasteiger partial charge in [0.05, 0.1) is 33.6 Å². The molecule has 0 saturated carbocycles. The Bertz CT molecular complexity index is 1400. The summed E-state index contributed by atoms with van der Waals surface area (Å²) in [6, 6.07) is 19.3.